The van der Waals surface area contributed by atoms with Crippen LogP contribution in [0.15, 0.2) is 67.3 Å². The van der Waals surface area contributed by atoms with Crippen molar-refractivity contribution in [3.05, 3.63) is 89.0 Å². The van der Waals surface area contributed by atoms with Crippen molar-refractivity contribution >= 4 is 51.9 Å². The second-order valence-electron chi connectivity index (χ2n) is 10.4. The van der Waals surface area contributed by atoms with Gasteiger partial charge in [-0.2, -0.15) is 9.78 Å². The van der Waals surface area contributed by atoms with Crippen molar-refractivity contribution in [2.45, 2.75) is 12.5 Å². The zero-order valence-corrected chi connectivity index (χ0v) is 24.2. The van der Waals surface area contributed by atoms with E-state index < -0.39 is 6.04 Å². The second kappa shape index (κ2) is 11.9. The third-order valence-corrected chi connectivity index (χ3v) is 8.06. The summed E-state index contributed by atoms with van der Waals surface area (Å²) in [4.78, 5) is 36.4. The topological polar surface area (TPSA) is 147 Å². The highest BCUT2D eigenvalue weighted by atomic mass is 35.5. The summed E-state index contributed by atoms with van der Waals surface area (Å²) >= 11 is 6.28. The molecule has 0 spiro atoms. The average molecular weight is 611 g/mol. The maximum Gasteiger partial charge on any atom is 0.251 e. The molecule has 44 heavy (non-hydrogen) atoms. The predicted octanol–water partition coefficient (Wildman–Crippen LogP) is 3.20. The van der Waals surface area contributed by atoms with Crippen LogP contribution in [0.1, 0.15) is 22.7 Å². The standard InChI is InChI=1S/C30H27ClN10O3/c31-21-3-5-26(41-18-34-37-38-41)19(15-21)2-6-27(42)40-10-8-24-23(7-9-32-29(24)39-11-13-44-14-12-39)28(40)30(43)35-22-4-1-20-17-33-36-25(20)16-22/h1-7,9,15-18,28H,8,10-14H2,(H,33,36)(H,35,43)/b6-2+/t28-/m0/s1. The summed E-state index contributed by atoms with van der Waals surface area (Å²) in [5.74, 6) is 0.171. The number of anilines is 2. The number of hydrogen-bond donors (Lipinski definition) is 2. The Morgan fingerprint density at radius 1 is 1.09 bits per heavy atom. The van der Waals surface area contributed by atoms with Crippen LogP contribution in [0.4, 0.5) is 11.5 Å². The number of H-pyrrole nitrogens is 1. The highest BCUT2D eigenvalue weighted by Gasteiger charge is 2.37. The van der Waals surface area contributed by atoms with Crippen molar-refractivity contribution < 1.29 is 14.3 Å². The lowest BCUT2D eigenvalue weighted by Gasteiger charge is -2.38. The van der Waals surface area contributed by atoms with E-state index in [0.717, 1.165) is 27.8 Å². The summed E-state index contributed by atoms with van der Waals surface area (Å²) in [7, 11) is 0. The van der Waals surface area contributed by atoms with Gasteiger partial charge >= 0.3 is 0 Å². The van der Waals surface area contributed by atoms with E-state index in [1.807, 2.05) is 24.3 Å². The minimum absolute atomic E-state index is 0.326. The maximum absolute atomic E-state index is 14.1. The number of rotatable bonds is 6. The van der Waals surface area contributed by atoms with E-state index in [1.165, 1.54) is 17.1 Å². The molecule has 0 aliphatic carbocycles. The number of aromatic amines is 1. The molecule has 2 aliphatic heterocycles. The van der Waals surface area contributed by atoms with Crippen LogP contribution in [0.5, 0.6) is 0 Å². The van der Waals surface area contributed by atoms with Crippen LogP contribution >= 0.6 is 11.6 Å². The molecule has 2 aromatic carbocycles. The number of nitrogens with zero attached hydrogens (tertiary/aromatic N) is 8. The summed E-state index contributed by atoms with van der Waals surface area (Å²) in [6, 6.07) is 11.7. The Balaban J connectivity index is 1.23. The first-order valence-electron chi connectivity index (χ1n) is 14.1. The van der Waals surface area contributed by atoms with Crippen LogP contribution in [-0.4, -0.2) is 85.0 Å². The number of amides is 2. The van der Waals surface area contributed by atoms with Gasteiger partial charge in [-0.25, -0.2) is 4.98 Å². The molecule has 5 heterocycles. The normalized spacial score (nSPS) is 16.8. The van der Waals surface area contributed by atoms with Crippen LogP contribution < -0.4 is 10.2 Å². The number of carbonyl (C=O) groups excluding carboxylic acids is 2. The SMILES string of the molecule is O=C(Nc1ccc2cn[nH]c2c1)[C@@H]1c2ccnc(N3CCOCC3)c2CCN1C(=O)/C=C/c1cc(Cl)ccc1-n1cnnn1. The lowest BCUT2D eigenvalue weighted by atomic mass is 9.92. The number of tetrazole rings is 1. The lowest BCUT2D eigenvalue weighted by Crippen LogP contribution is -2.46. The Morgan fingerprint density at radius 3 is 2.82 bits per heavy atom. The van der Waals surface area contributed by atoms with Gasteiger partial charge in [-0.1, -0.05) is 11.6 Å². The molecule has 0 bridgehead atoms. The first kappa shape index (κ1) is 27.7. The van der Waals surface area contributed by atoms with Crippen molar-refractivity contribution in [1.29, 1.82) is 0 Å². The molecule has 7 rings (SSSR count). The number of ether oxygens (including phenoxy) is 1. The third-order valence-electron chi connectivity index (χ3n) is 7.82. The van der Waals surface area contributed by atoms with Crippen LogP contribution in [0.25, 0.3) is 22.7 Å². The van der Waals surface area contributed by atoms with Gasteiger partial charge < -0.3 is 19.9 Å². The molecule has 13 nitrogen and oxygen atoms in total. The number of pyridine rings is 1. The number of hydrogen-bond acceptors (Lipinski definition) is 9. The fraction of sp³-hybridized carbons (Fsp3) is 0.233. The van der Waals surface area contributed by atoms with Gasteiger partial charge in [0.05, 0.1) is 30.6 Å². The fourth-order valence-electron chi connectivity index (χ4n) is 5.73. The average Bonchev–Trinajstić information content (AvgIpc) is 3.76. The molecule has 5 aromatic rings. The van der Waals surface area contributed by atoms with Crippen molar-refractivity contribution in [2.24, 2.45) is 0 Å². The Kier molecular flexibility index (Phi) is 7.46. The van der Waals surface area contributed by atoms with Gasteiger partial charge in [0.15, 0.2) is 0 Å². The molecular formula is C30H27ClN10O3. The van der Waals surface area contributed by atoms with E-state index >= 15 is 0 Å². The number of nitrogens with one attached hydrogen (secondary N) is 2. The smallest absolute Gasteiger partial charge is 0.251 e. The molecule has 0 saturated carbocycles. The summed E-state index contributed by atoms with van der Waals surface area (Å²) < 4.78 is 7.04. The van der Waals surface area contributed by atoms with Crippen molar-refractivity contribution in [3.63, 3.8) is 0 Å². The van der Waals surface area contributed by atoms with Gasteiger partial charge in [-0.3, -0.25) is 14.7 Å². The monoisotopic (exact) mass is 610 g/mol. The maximum atomic E-state index is 14.1. The fourth-order valence-corrected chi connectivity index (χ4v) is 5.91. The molecule has 1 atom stereocenters. The van der Waals surface area contributed by atoms with Gasteiger partial charge in [0.2, 0.25) is 5.91 Å². The van der Waals surface area contributed by atoms with E-state index in [1.54, 1.807) is 41.6 Å². The second-order valence-corrected chi connectivity index (χ2v) is 10.9. The van der Waals surface area contributed by atoms with E-state index in [4.69, 9.17) is 16.3 Å². The zero-order valence-electron chi connectivity index (χ0n) is 23.4. The van der Waals surface area contributed by atoms with Gasteiger partial charge in [0.1, 0.15) is 18.2 Å². The molecule has 2 N–H and O–H groups in total. The van der Waals surface area contributed by atoms with Crippen LogP contribution in [0, 0.1) is 0 Å². The van der Waals surface area contributed by atoms with E-state index in [9.17, 15) is 9.59 Å². The number of halogens is 1. The summed E-state index contributed by atoms with van der Waals surface area (Å²) in [5.41, 5.74) is 4.38. The Hall–Kier alpha value is -5.14. The number of morpholine rings is 1. The largest absolute Gasteiger partial charge is 0.378 e. The number of benzene rings is 2. The zero-order chi connectivity index (χ0) is 30.0. The highest BCUT2D eigenvalue weighted by molar-refractivity contribution is 6.30. The highest BCUT2D eigenvalue weighted by Crippen LogP contribution is 2.36. The first-order valence-corrected chi connectivity index (χ1v) is 14.5. The van der Waals surface area contributed by atoms with Crippen molar-refractivity contribution in [2.75, 3.05) is 43.1 Å². The molecule has 2 aliphatic rings. The summed E-state index contributed by atoms with van der Waals surface area (Å²) in [6.45, 7) is 2.96. The van der Waals surface area contributed by atoms with Crippen molar-refractivity contribution in [3.8, 4) is 5.69 Å². The first-order chi connectivity index (χ1) is 21.5. The predicted molar refractivity (Wildman–Crippen MR) is 163 cm³/mol. The Bertz CT molecular complexity index is 1870. The summed E-state index contributed by atoms with van der Waals surface area (Å²) in [5, 5.41) is 22.8. The molecule has 0 unspecified atom stereocenters. The summed E-state index contributed by atoms with van der Waals surface area (Å²) in [6.07, 6.45) is 8.54. The van der Waals surface area contributed by atoms with Gasteiger partial charge in [-0.15, -0.1) is 5.10 Å². The van der Waals surface area contributed by atoms with Gasteiger partial charge in [-0.05, 0) is 71.0 Å². The molecule has 1 saturated heterocycles. The lowest BCUT2D eigenvalue weighted by molar-refractivity contribution is -0.135. The van der Waals surface area contributed by atoms with Crippen LogP contribution in [0.2, 0.25) is 5.02 Å². The third kappa shape index (κ3) is 5.38. The van der Waals surface area contributed by atoms with Crippen molar-refractivity contribution in [1.82, 2.24) is 40.3 Å². The quantitative estimate of drug-likeness (QED) is 0.277. The molecule has 222 valence electrons. The van der Waals surface area contributed by atoms with Gasteiger partial charge in [0, 0.05) is 59.1 Å². The van der Waals surface area contributed by atoms with E-state index in [0.29, 0.717) is 61.2 Å². The number of carbonyl (C=O) groups is 2. The Morgan fingerprint density at radius 2 is 1.98 bits per heavy atom. The molecule has 14 heteroatoms. The number of fused-ring (bicyclic) bond motifs is 2. The molecule has 1 fully saturated rings. The minimum Gasteiger partial charge on any atom is -0.378 e. The molecular weight excluding hydrogens is 584 g/mol. The molecule has 2 amide bonds. The van der Waals surface area contributed by atoms with E-state index in [-0.39, 0.29) is 11.8 Å². The molecule has 0 radical (unpaired) electrons. The minimum atomic E-state index is -0.894. The van der Waals surface area contributed by atoms with E-state index in [2.05, 4.69) is 40.9 Å². The molecule has 3 aromatic heterocycles. The van der Waals surface area contributed by atoms with Crippen LogP contribution in [-0.2, 0) is 20.7 Å². The number of aromatic nitrogens is 7. The Labute approximate surface area is 256 Å². The van der Waals surface area contributed by atoms with Crippen LogP contribution in [0.3, 0.4) is 0 Å². The van der Waals surface area contributed by atoms with Gasteiger partial charge in [0.25, 0.3) is 5.91 Å².